The summed E-state index contributed by atoms with van der Waals surface area (Å²) in [6, 6.07) is 6.01. The first-order valence-electron chi connectivity index (χ1n) is 9.73. The molecule has 3 rings (SSSR count). The zero-order valence-electron chi connectivity index (χ0n) is 16.5. The molecule has 0 radical (unpaired) electrons. The highest BCUT2D eigenvalue weighted by atomic mass is 16.6. The molecular formula is C20H30N4O3. The van der Waals surface area contributed by atoms with Crippen LogP contribution in [0.15, 0.2) is 18.2 Å². The molecule has 1 unspecified atom stereocenters. The summed E-state index contributed by atoms with van der Waals surface area (Å²) in [6.07, 6.45) is 4.40. The molecule has 2 heterocycles. The number of rotatable bonds is 5. The summed E-state index contributed by atoms with van der Waals surface area (Å²) >= 11 is 0. The van der Waals surface area contributed by atoms with Crippen LogP contribution in [0.5, 0.6) is 0 Å². The van der Waals surface area contributed by atoms with E-state index in [1.54, 1.807) is 9.80 Å². The Labute approximate surface area is 161 Å². The molecule has 0 spiro atoms. The van der Waals surface area contributed by atoms with E-state index in [4.69, 9.17) is 4.74 Å². The molecule has 1 aromatic carbocycles. The number of hydrogen-bond acceptors (Lipinski definition) is 4. The van der Waals surface area contributed by atoms with Gasteiger partial charge in [0, 0.05) is 25.3 Å². The summed E-state index contributed by atoms with van der Waals surface area (Å²) in [5, 5.41) is 2.98. The van der Waals surface area contributed by atoms with Gasteiger partial charge in [-0.25, -0.2) is 9.59 Å². The number of benzene rings is 1. The lowest BCUT2D eigenvalue weighted by atomic mass is 10.00. The lowest BCUT2D eigenvalue weighted by molar-refractivity contribution is 0.162. The number of urea groups is 1. The van der Waals surface area contributed by atoms with Gasteiger partial charge in [0.1, 0.15) is 6.61 Å². The normalized spacial score (nSPS) is 20.5. The van der Waals surface area contributed by atoms with E-state index in [0.29, 0.717) is 19.2 Å². The fourth-order valence-electron chi connectivity index (χ4n) is 3.83. The minimum absolute atomic E-state index is 0.127. The van der Waals surface area contributed by atoms with Crippen LogP contribution in [0.2, 0.25) is 0 Å². The third kappa shape index (κ3) is 4.53. The van der Waals surface area contributed by atoms with Gasteiger partial charge in [-0.2, -0.15) is 0 Å². The Morgan fingerprint density at radius 3 is 2.85 bits per heavy atom. The summed E-state index contributed by atoms with van der Waals surface area (Å²) in [7, 11) is 4.00. The Bertz CT molecular complexity index is 694. The summed E-state index contributed by atoms with van der Waals surface area (Å²) in [6.45, 7) is 4.70. The van der Waals surface area contributed by atoms with Crippen molar-refractivity contribution in [2.24, 2.45) is 0 Å². The van der Waals surface area contributed by atoms with Gasteiger partial charge in [0.2, 0.25) is 0 Å². The highest BCUT2D eigenvalue weighted by Crippen LogP contribution is 2.29. The first kappa shape index (κ1) is 19.5. The van der Waals surface area contributed by atoms with E-state index in [1.807, 2.05) is 32.2 Å². The van der Waals surface area contributed by atoms with Gasteiger partial charge in [0.05, 0.1) is 12.2 Å². The zero-order valence-corrected chi connectivity index (χ0v) is 16.5. The summed E-state index contributed by atoms with van der Waals surface area (Å²) in [5.74, 6) is 0. The van der Waals surface area contributed by atoms with E-state index in [0.717, 1.165) is 36.4 Å². The number of amides is 3. The third-order valence-corrected chi connectivity index (χ3v) is 5.66. The molecule has 2 aliphatic heterocycles. The molecule has 27 heavy (non-hydrogen) atoms. The van der Waals surface area contributed by atoms with E-state index >= 15 is 0 Å². The maximum Gasteiger partial charge on any atom is 0.414 e. The van der Waals surface area contributed by atoms with Gasteiger partial charge < -0.3 is 19.9 Å². The molecular weight excluding hydrogens is 344 g/mol. The van der Waals surface area contributed by atoms with Gasteiger partial charge in [-0.1, -0.05) is 12.5 Å². The fourth-order valence-corrected chi connectivity index (χ4v) is 3.83. The fraction of sp³-hybridized carbons (Fsp3) is 0.600. The molecule has 1 aromatic rings. The molecule has 1 N–H and O–H groups in total. The van der Waals surface area contributed by atoms with Gasteiger partial charge in [-0.3, -0.25) is 4.90 Å². The smallest absolute Gasteiger partial charge is 0.414 e. The number of piperidine rings is 1. The zero-order chi connectivity index (χ0) is 19.4. The molecule has 148 valence electrons. The lowest BCUT2D eigenvalue weighted by Crippen LogP contribution is -2.40. The van der Waals surface area contributed by atoms with E-state index in [1.165, 1.54) is 19.3 Å². The second-order valence-corrected chi connectivity index (χ2v) is 7.49. The van der Waals surface area contributed by atoms with Crippen molar-refractivity contribution < 1.29 is 14.3 Å². The van der Waals surface area contributed by atoms with E-state index < -0.39 is 0 Å². The number of hydrogen-bond donors (Lipinski definition) is 1. The van der Waals surface area contributed by atoms with Gasteiger partial charge >= 0.3 is 12.1 Å². The van der Waals surface area contributed by atoms with Crippen LogP contribution in [-0.2, 0) is 4.74 Å². The van der Waals surface area contributed by atoms with Gasteiger partial charge in [0.15, 0.2) is 0 Å². The van der Waals surface area contributed by atoms with E-state index in [2.05, 4.69) is 17.3 Å². The second-order valence-electron chi connectivity index (χ2n) is 7.49. The maximum absolute atomic E-state index is 12.6. The van der Waals surface area contributed by atoms with Crippen LogP contribution in [0.1, 0.15) is 31.2 Å². The topological polar surface area (TPSA) is 65.1 Å². The molecule has 0 aliphatic carbocycles. The van der Waals surface area contributed by atoms with Crippen LogP contribution in [0, 0.1) is 6.92 Å². The Kier molecular flexibility index (Phi) is 6.21. The average molecular weight is 374 g/mol. The van der Waals surface area contributed by atoms with E-state index in [-0.39, 0.29) is 12.1 Å². The Morgan fingerprint density at radius 1 is 1.33 bits per heavy atom. The molecule has 2 aliphatic rings. The van der Waals surface area contributed by atoms with Crippen molar-refractivity contribution in [1.82, 2.24) is 9.80 Å². The Hall–Kier alpha value is -2.28. The average Bonchev–Trinajstić information content (AvgIpc) is 3.08. The van der Waals surface area contributed by atoms with Gasteiger partial charge in [-0.15, -0.1) is 0 Å². The summed E-state index contributed by atoms with van der Waals surface area (Å²) in [5.41, 5.74) is 2.37. The van der Waals surface area contributed by atoms with E-state index in [9.17, 15) is 9.59 Å². The van der Waals surface area contributed by atoms with Crippen LogP contribution < -0.4 is 10.2 Å². The number of carbonyl (C=O) groups is 2. The number of likely N-dealkylation sites (tertiary alicyclic amines) is 1. The number of carbonyl (C=O) groups excluding carboxylic acids is 2. The number of ether oxygens (including phenoxy) is 1. The quantitative estimate of drug-likeness (QED) is 0.859. The lowest BCUT2D eigenvalue weighted by Gasteiger charge is -2.33. The predicted molar refractivity (Wildman–Crippen MR) is 106 cm³/mol. The molecule has 7 nitrogen and oxygen atoms in total. The minimum Gasteiger partial charge on any atom is -0.447 e. The van der Waals surface area contributed by atoms with Crippen LogP contribution >= 0.6 is 0 Å². The van der Waals surface area contributed by atoms with Crippen LogP contribution in [-0.4, -0.2) is 68.3 Å². The highest BCUT2D eigenvalue weighted by Gasteiger charge is 2.26. The maximum atomic E-state index is 12.6. The SMILES string of the molecule is Cc1c(NC(=O)N(C)CCC2CCCCN2C)cccc1N1CCOC1=O. The van der Waals surface area contributed by atoms with Crippen molar-refractivity contribution in [3.8, 4) is 0 Å². The largest absolute Gasteiger partial charge is 0.447 e. The second kappa shape index (κ2) is 8.61. The molecule has 7 heteroatoms. The number of nitrogens with one attached hydrogen (secondary N) is 1. The van der Waals surface area contributed by atoms with Gasteiger partial charge in [0.25, 0.3) is 0 Å². The van der Waals surface area contributed by atoms with Crippen molar-refractivity contribution in [3.63, 3.8) is 0 Å². The predicted octanol–water partition coefficient (Wildman–Crippen LogP) is 3.29. The van der Waals surface area contributed by atoms with Crippen molar-refractivity contribution in [3.05, 3.63) is 23.8 Å². The molecule has 0 aromatic heterocycles. The van der Waals surface area contributed by atoms with Crippen LogP contribution in [0.3, 0.4) is 0 Å². The Balaban J connectivity index is 1.59. The molecule has 2 fully saturated rings. The van der Waals surface area contributed by atoms with Crippen molar-refractivity contribution in [2.45, 2.75) is 38.6 Å². The van der Waals surface area contributed by atoms with Crippen molar-refractivity contribution >= 4 is 23.5 Å². The summed E-state index contributed by atoms with van der Waals surface area (Å²) in [4.78, 5) is 30.2. The Morgan fingerprint density at radius 2 is 2.15 bits per heavy atom. The molecule has 3 amide bonds. The first-order valence-corrected chi connectivity index (χ1v) is 9.73. The van der Waals surface area contributed by atoms with Crippen molar-refractivity contribution in [2.75, 3.05) is 50.6 Å². The van der Waals surface area contributed by atoms with Gasteiger partial charge in [-0.05, 0) is 57.5 Å². The molecule has 1 atom stereocenters. The number of cyclic esters (lactones) is 1. The monoisotopic (exact) mass is 374 g/mol. The number of anilines is 2. The standard InChI is InChI=1S/C20H30N4O3/c1-15-17(8-6-9-18(15)24-13-14-27-20(24)26)21-19(25)23(3)12-10-16-7-4-5-11-22(16)2/h6,8-9,16H,4-5,7,10-14H2,1-3H3,(H,21,25). The molecule has 2 saturated heterocycles. The summed E-state index contributed by atoms with van der Waals surface area (Å²) < 4.78 is 5.02. The first-order chi connectivity index (χ1) is 13.0. The van der Waals surface area contributed by atoms with Crippen molar-refractivity contribution in [1.29, 1.82) is 0 Å². The minimum atomic E-state index is -0.338. The molecule has 0 bridgehead atoms. The molecule has 0 saturated carbocycles. The highest BCUT2D eigenvalue weighted by molar-refractivity contribution is 5.94. The van der Waals surface area contributed by atoms with Crippen LogP contribution in [0.4, 0.5) is 21.0 Å². The van der Waals surface area contributed by atoms with Crippen LogP contribution in [0.25, 0.3) is 0 Å². The third-order valence-electron chi connectivity index (χ3n) is 5.66. The number of nitrogens with zero attached hydrogens (tertiary/aromatic N) is 3.